The van der Waals surface area contributed by atoms with E-state index in [-0.39, 0.29) is 17.7 Å². The van der Waals surface area contributed by atoms with Gasteiger partial charge in [-0.25, -0.2) is 9.69 Å². The lowest BCUT2D eigenvalue weighted by Crippen LogP contribution is -2.51. The van der Waals surface area contributed by atoms with E-state index in [0.717, 1.165) is 33.5 Å². The Morgan fingerprint density at radius 1 is 1.14 bits per heavy atom. The molecule has 1 aromatic heterocycles. The monoisotopic (exact) mass is 488 g/mol. The minimum atomic E-state index is -1.17. The van der Waals surface area contributed by atoms with Gasteiger partial charge >= 0.3 is 6.03 Å². The van der Waals surface area contributed by atoms with Crippen LogP contribution in [0.2, 0.25) is 0 Å². The summed E-state index contributed by atoms with van der Waals surface area (Å²) >= 11 is 0. The van der Waals surface area contributed by atoms with Crippen LogP contribution < -0.4 is 10.1 Å². The lowest BCUT2D eigenvalue weighted by molar-refractivity contribution is -0.140. The highest BCUT2D eigenvalue weighted by atomic mass is 16.5. The first-order valence-electron chi connectivity index (χ1n) is 12.4. The Morgan fingerprint density at radius 2 is 1.86 bits per heavy atom. The summed E-state index contributed by atoms with van der Waals surface area (Å²) in [5.74, 6) is 0.153. The Labute approximate surface area is 210 Å². The van der Waals surface area contributed by atoms with Crippen molar-refractivity contribution in [2.24, 2.45) is 5.92 Å². The van der Waals surface area contributed by atoms with Crippen LogP contribution in [0.15, 0.2) is 48.5 Å². The zero-order valence-electron chi connectivity index (χ0n) is 21.1. The van der Waals surface area contributed by atoms with E-state index in [1.807, 2.05) is 62.4 Å². The summed E-state index contributed by atoms with van der Waals surface area (Å²) in [7, 11) is 1.60. The zero-order valence-corrected chi connectivity index (χ0v) is 21.1. The van der Waals surface area contributed by atoms with Gasteiger partial charge < -0.3 is 19.9 Å². The number of benzene rings is 2. The highest BCUT2D eigenvalue weighted by molar-refractivity contribution is 6.11. The van der Waals surface area contributed by atoms with Crippen molar-refractivity contribution in [3.8, 4) is 5.75 Å². The molecule has 1 saturated heterocycles. The third-order valence-corrected chi connectivity index (χ3v) is 7.43. The van der Waals surface area contributed by atoms with E-state index in [2.05, 4.69) is 10.3 Å². The van der Waals surface area contributed by atoms with Crippen LogP contribution in [0.25, 0.3) is 10.9 Å². The van der Waals surface area contributed by atoms with Crippen molar-refractivity contribution in [1.29, 1.82) is 0 Å². The first-order chi connectivity index (χ1) is 17.3. The van der Waals surface area contributed by atoms with Crippen molar-refractivity contribution in [2.45, 2.75) is 51.7 Å². The van der Waals surface area contributed by atoms with Crippen molar-refractivity contribution in [3.63, 3.8) is 0 Å². The molecule has 0 radical (unpaired) electrons. The summed E-state index contributed by atoms with van der Waals surface area (Å²) in [6.45, 7) is 6.48. The quantitative estimate of drug-likeness (QED) is 0.493. The van der Waals surface area contributed by atoms with Crippen LogP contribution >= 0.6 is 0 Å². The number of imide groups is 1. The molecule has 2 atom stereocenters. The Kier molecular flexibility index (Phi) is 5.98. The van der Waals surface area contributed by atoms with Crippen LogP contribution in [0.1, 0.15) is 44.0 Å². The number of carbonyl (C=O) groups excluding carboxylic acids is 3. The molecule has 8 heteroatoms. The van der Waals surface area contributed by atoms with Gasteiger partial charge in [-0.15, -0.1) is 0 Å². The number of aromatic nitrogens is 1. The van der Waals surface area contributed by atoms with Crippen LogP contribution in [0.5, 0.6) is 5.75 Å². The average Bonchev–Trinajstić information content (AvgIpc) is 3.35. The molecule has 188 valence electrons. The molecule has 2 aromatic carbocycles. The predicted molar refractivity (Wildman–Crippen MR) is 136 cm³/mol. The molecule has 3 heterocycles. The van der Waals surface area contributed by atoms with Gasteiger partial charge in [-0.1, -0.05) is 44.2 Å². The first-order valence-corrected chi connectivity index (χ1v) is 12.4. The fourth-order valence-corrected chi connectivity index (χ4v) is 5.52. The predicted octanol–water partition coefficient (Wildman–Crippen LogP) is 3.94. The number of carbonyl (C=O) groups is 3. The molecule has 2 aliphatic heterocycles. The number of H-pyrrole nitrogens is 1. The molecule has 0 unspecified atom stereocenters. The summed E-state index contributed by atoms with van der Waals surface area (Å²) in [5.41, 5.74) is 2.49. The van der Waals surface area contributed by atoms with Gasteiger partial charge in [0.05, 0.1) is 12.8 Å². The summed E-state index contributed by atoms with van der Waals surface area (Å²) < 4.78 is 5.19. The maximum absolute atomic E-state index is 14.0. The van der Waals surface area contributed by atoms with E-state index < -0.39 is 17.6 Å². The molecular formula is C28H32N4O4. The normalized spacial score (nSPS) is 20.0. The van der Waals surface area contributed by atoms with Crippen molar-refractivity contribution < 1.29 is 19.1 Å². The second-order valence-corrected chi connectivity index (χ2v) is 10.2. The first kappa shape index (κ1) is 23.9. The topological polar surface area (TPSA) is 94.7 Å². The highest BCUT2D eigenvalue weighted by Crippen LogP contribution is 2.45. The van der Waals surface area contributed by atoms with E-state index in [1.165, 1.54) is 4.90 Å². The second-order valence-electron chi connectivity index (χ2n) is 10.2. The van der Waals surface area contributed by atoms with E-state index in [9.17, 15) is 14.4 Å². The van der Waals surface area contributed by atoms with Gasteiger partial charge in [-0.05, 0) is 55.0 Å². The Balaban J connectivity index is 1.45. The van der Waals surface area contributed by atoms with Crippen LogP contribution in [0.4, 0.5) is 4.79 Å². The summed E-state index contributed by atoms with van der Waals surface area (Å²) in [6.07, 6.45) is 1.04. The minimum absolute atomic E-state index is 0.108. The number of aromatic amines is 1. The number of hydrogen-bond acceptors (Lipinski definition) is 4. The summed E-state index contributed by atoms with van der Waals surface area (Å²) in [4.78, 5) is 47.4. The number of methoxy groups -OCH3 is 1. The SMILES string of the molecule is COc1ccc(CNC(=O)[C@H](CC(C)C)N2C(=O)N3CCc4c([nH]c5ccccc45)[C@@]3(C)C2=O)cc1. The Hall–Kier alpha value is -3.81. The lowest BCUT2D eigenvalue weighted by Gasteiger charge is -2.36. The number of rotatable bonds is 7. The molecule has 1 fully saturated rings. The van der Waals surface area contributed by atoms with Gasteiger partial charge in [0.1, 0.15) is 11.8 Å². The Morgan fingerprint density at radius 3 is 2.56 bits per heavy atom. The van der Waals surface area contributed by atoms with Crippen LogP contribution in [-0.4, -0.2) is 52.3 Å². The maximum atomic E-state index is 14.0. The highest BCUT2D eigenvalue weighted by Gasteiger charge is 2.60. The van der Waals surface area contributed by atoms with Gasteiger partial charge in [-0.2, -0.15) is 0 Å². The second kappa shape index (κ2) is 9.00. The summed E-state index contributed by atoms with van der Waals surface area (Å²) in [6, 6.07) is 14.1. The molecule has 0 aliphatic carbocycles. The van der Waals surface area contributed by atoms with Crippen LogP contribution in [0.3, 0.4) is 0 Å². The third-order valence-electron chi connectivity index (χ3n) is 7.43. The molecule has 2 N–H and O–H groups in total. The van der Waals surface area contributed by atoms with E-state index in [1.54, 1.807) is 18.9 Å². The molecule has 36 heavy (non-hydrogen) atoms. The molecule has 3 aromatic rings. The standard InChI is InChI=1S/C28H32N4O4/c1-17(2)15-23(25(33)29-16-18-9-11-19(36-4)12-10-18)32-26(34)28(3)24-21(13-14-31(28)27(32)35)20-7-5-6-8-22(20)30-24/h5-12,17,23,30H,13-16H2,1-4H3,(H,29,33)/t23-,28-/m0/s1. The molecular weight excluding hydrogens is 456 g/mol. The van der Waals surface area contributed by atoms with Crippen LogP contribution in [-0.2, 0) is 28.1 Å². The third kappa shape index (κ3) is 3.72. The molecule has 0 saturated carbocycles. The number of hydrogen-bond donors (Lipinski definition) is 2. The largest absolute Gasteiger partial charge is 0.497 e. The van der Waals surface area contributed by atoms with Gasteiger partial charge in [0.15, 0.2) is 5.54 Å². The number of ether oxygens (including phenoxy) is 1. The molecule has 8 nitrogen and oxygen atoms in total. The lowest BCUT2D eigenvalue weighted by atomic mass is 9.87. The number of urea groups is 1. The van der Waals surface area contributed by atoms with E-state index in [0.29, 0.717) is 25.9 Å². The fraction of sp³-hybridized carbons (Fsp3) is 0.393. The van der Waals surface area contributed by atoms with Crippen molar-refractivity contribution in [2.75, 3.05) is 13.7 Å². The van der Waals surface area contributed by atoms with Crippen molar-refractivity contribution in [1.82, 2.24) is 20.1 Å². The number of para-hydroxylation sites is 1. The molecule has 0 bridgehead atoms. The van der Waals surface area contributed by atoms with Gasteiger partial charge in [0.25, 0.3) is 5.91 Å². The van der Waals surface area contributed by atoms with Crippen molar-refractivity contribution in [3.05, 3.63) is 65.4 Å². The maximum Gasteiger partial charge on any atom is 0.328 e. The number of fused-ring (bicyclic) bond motifs is 5. The van der Waals surface area contributed by atoms with Gasteiger partial charge in [0, 0.05) is 24.0 Å². The number of nitrogens with zero attached hydrogens (tertiary/aromatic N) is 2. The number of amides is 4. The smallest absolute Gasteiger partial charge is 0.328 e. The van der Waals surface area contributed by atoms with Crippen molar-refractivity contribution >= 4 is 28.7 Å². The van der Waals surface area contributed by atoms with E-state index >= 15 is 0 Å². The van der Waals surface area contributed by atoms with Gasteiger partial charge in [-0.3, -0.25) is 9.59 Å². The summed E-state index contributed by atoms with van der Waals surface area (Å²) in [5, 5.41) is 4.01. The van der Waals surface area contributed by atoms with Gasteiger partial charge in [0.2, 0.25) is 5.91 Å². The molecule has 4 amide bonds. The Bertz CT molecular complexity index is 1330. The van der Waals surface area contributed by atoms with Crippen LogP contribution in [0, 0.1) is 5.92 Å². The number of nitrogens with one attached hydrogen (secondary N) is 2. The zero-order chi connectivity index (χ0) is 25.6. The average molecular weight is 489 g/mol. The molecule has 5 rings (SSSR count). The van der Waals surface area contributed by atoms with E-state index in [4.69, 9.17) is 4.74 Å². The fourth-order valence-electron chi connectivity index (χ4n) is 5.52. The molecule has 2 aliphatic rings. The minimum Gasteiger partial charge on any atom is -0.497 e. The molecule has 0 spiro atoms.